The van der Waals surface area contributed by atoms with E-state index in [9.17, 15) is 9.59 Å². The fraction of sp³-hybridized carbons (Fsp3) is 0.130. The molecule has 0 heterocycles. The molecule has 0 aliphatic rings. The Morgan fingerprint density at radius 1 is 0.893 bits per heavy atom. The molecule has 0 spiro atoms. The van der Waals surface area contributed by atoms with Gasteiger partial charge in [-0.15, -0.1) is 0 Å². The summed E-state index contributed by atoms with van der Waals surface area (Å²) in [6, 6.07) is 24.7. The molecule has 0 fully saturated rings. The quantitative estimate of drug-likeness (QED) is 0.660. The molecule has 3 aromatic carbocycles. The summed E-state index contributed by atoms with van der Waals surface area (Å²) >= 11 is 0. The highest BCUT2D eigenvalue weighted by atomic mass is 16.5. The molecule has 28 heavy (non-hydrogen) atoms. The number of primary amides is 1. The second-order valence-electron chi connectivity index (χ2n) is 6.48. The summed E-state index contributed by atoms with van der Waals surface area (Å²) in [7, 11) is 0. The third-order valence-electron chi connectivity index (χ3n) is 4.24. The molecule has 3 aromatic rings. The smallest absolute Gasteiger partial charge is 0.265 e. The first-order valence-electron chi connectivity index (χ1n) is 9.01. The van der Waals surface area contributed by atoms with Gasteiger partial charge in [0.2, 0.25) is 5.91 Å². The summed E-state index contributed by atoms with van der Waals surface area (Å²) in [5, 5.41) is 2.80. The SMILES string of the molecule is CC(Oc1ccc(-c2ccccc2)cc1)C(=O)Nc1ccc(CC(N)=O)cc1. The second-order valence-corrected chi connectivity index (χ2v) is 6.48. The lowest BCUT2D eigenvalue weighted by Gasteiger charge is -2.15. The zero-order valence-corrected chi connectivity index (χ0v) is 15.6. The molecule has 0 bridgehead atoms. The van der Waals surface area contributed by atoms with E-state index in [1.165, 1.54) is 0 Å². The number of hydrogen-bond donors (Lipinski definition) is 2. The number of ether oxygens (including phenoxy) is 1. The first-order chi connectivity index (χ1) is 13.5. The molecule has 3 rings (SSSR count). The number of nitrogens with two attached hydrogens (primary N) is 1. The molecule has 0 aromatic heterocycles. The molecule has 1 atom stereocenters. The number of nitrogens with one attached hydrogen (secondary N) is 1. The summed E-state index contributed by atoms with van der Waals surface area (Å²) in [6.07, 6.45) is -0.486. The Morgan fingerprint density at radius 3 is 2.11 bits per heavy atom. The number of carbonyl (C=O) groups excluding carboxylic acids is 2. The van der Waals surface area contributed by atoms with E-state index >= 15 is 0 Å². The minimum atomic E-state index is -0.659. The summed E-state index contributed by atoms with van der Waals surface area (Å²) in [6.45, 7) is 1.70. The van der Waals surface area contributed by atoms with Crippen molar-refractivity contribution in [2.75, 3.05) is 5.32 Å². The van der Waals surface area contributed by atoms with Gasteiger partial charge in [0.15, 0.2) is 6.10 Å². The first kappa shape index (κ1) is 19.2. The van der Waals surface area contributed by atoms with Crippen molar-refractivity contribution in [1.29, 1.82) is 0 Å². The lowest BCUT2D eigenvalue weighted by Crippen LogP contribution is -2.30. The summed E-state index contributed by atoms with van der Waals surface area (Å²) in [5.41, 5.74) is 8.81. The summed E-state index contributed by atoms with van der Waals surface area (Å²) in [4.78, 5) is 23.3. The topological polar surface area (TPSA) is 81.4 Å². The maximum atomic E-state index is 12.4. The van der Waals surface area contributed by atoms with E-state index in [0.29, 0.717) is 11.4 Å². The molecular formula is C23H22N2O3. The maximum Gasteiger partial charge on any atom is 0.265 e. The molecule has 0 saturated carbocycles. The number of hydrogen-bond acceptors (Lipinski definition) is 3. The van der Waals surface area contributed by atoms with Crippen molar-refractivity contribution >= 4 is 17.5 Å². The Balaban J connectivity index is 1.57. The first-order valence-corrected chi connectivity index (χ1v) is 9.01. The highest BCUT2D eigenvalue weighted by Gasteiger charge is 2.15. The molecule has 0 aliphatic heterocycles. The van der Waals surface area contributed by atoms with Gasteiger partial charge in [-0.1, -0.05) is 54.6 Å². The second kappa shape index (κ2) is 8.86. The van der Waals surface area contributed by atoms with E-state index < -0.39 is 12.0 Å². The van der Waals surface area contributed by atoms with Crippen LogP contribution in [-0.2, 0) is 16.0 Å². The van der Waals surface area contributed by atoms with Gasteiger partial charge in [-0.3, -0.25) is 9.59 Å². The molecule has 0 aliphatic carbocycles. The fourth-order valence-corrected chi connectivity index (χ4v) is 2.77. The molecule has 0 saturated heterocycles. The van der Waals surface area contributed by atoms with Crippen LogP contribution in [-0.4, -0.2) is 17.9 Å². The van der Waals surface area contributed by atoms with Crippen molar-refractivity contribution in [2.24, 2.45) is 5.73 Å². The van der Waals surface area contributed by atoms with E-state index in [0.717, 1.165) is 16.7 Å². The number of rotatable bonds is 7. The van der Waals surface area contributed by atoms with Crippen LogP contribution in [0.4, 0.5) is 5.69 Å². The molecule has 0 radical (unpaired) electrons. The molecule has 1 unspecified atom stereocenters. The van der Waals surface area contributed by atoms with E-state index in [1.54, 1.807) is 31.2 Å². The Hall–Kier alpha value is -3.60. The van der Waals surface area contributed by atoms with Gasteiger partial charge in [0.25, 0.3) is 5.91 Å². The summed E-state index contributed by atoms with van der Waals surface area (Å²) in [5.74, 6) is -0.0222. The van der Waals surface area contributed by atoms with Crippen LogP contribution in [0.25, 0.3) is 11.1 Å². The van der Waals surface area contributed by atoms with Gasteiger partial charge in [-0.25, -0.2) is 0 Å². The molecule has 5 nitrogen and oxygen atoms in total. The Morgan fingerprint density at radius 2 is 1.50 bits per heavy atom. The van der Waals surface area contributed by atoms with Crippen molar-refractivity contribution in [2.45, 2.75) is 19.4 Å². The third kappa shape index (κ3) is 5.20. The highest BCUT2D eigenvalue weighted by molar-refractivity contribution is 5.94. The zero-order valence-electron chi connectivity index (χ0n) is 15.6. The van der Waals surface area contributed by atoms with Crippen LogP contribution in [0.15, 0.2) is 78.9 Å². The number of benzene rings is 3. The van der Waals surface area contributed by atoms with E-state index in [1.807, 2.05) is 54.6 Å². The third-order valence-corrected chi connectivity index (χ3v) is 4.24. The molecular weight excluding hydrogens is 352 g/mol. The standard InChI is InChI=1S/C23H22N2O3/c1-16(23(27)25-20-11-7-17(8-12-20)15-22(24)26)28-21-13-9-19(10-14-21)18-5-3-2-4-6-18/h2-14,16H,15H2,1H3,(H2,24,26)(H,25,27). The largest absolute Gasteiger partial charge is 0.481 e. The van der Waals surface area contributed by atoms with Crippen molar-refractivity contribution < 1.29 is 14.3 Å². The predicted octanol–water partition coefficient (Wildman–Crippen LogP) is 3.79. The maximum absolute atomic E-state index is 12.4. The fourth-order valence-electron chi connectivity index (χ4n) is 2.77. The van der Waals surface area contributed by atoms with Gasteiger partial charge >= 0.3 is 0 Å². The van der Waals surface area contributed by atoms with E-state index in [4.69, 9.17) is 10.5 Å². The van der Waals surface area contributed by atoms with Crippen LogP contribution in [0, 0.1) is 0 Å². The van der Waals surface area contributed by atoms with Crippen LogP contribution < -0.4 is 15.8 Å². The molecule has 142 valence electrons. The number of amides is 2. The minimum absolute atomic E-state index is 0.173. The van der Waals surface area contributed by atoms with Crippen molar-refractivity contribution in [1.82, 2.24) is 0 Å². The molecule has 5 heteroatoms. The molecule has 2 amide bonds. The van der Waals surface area contributed by atoms with Gasteiger partial charge in [-0.05, 0) is 47.9 Å². The number of carbonyl (C=O) groups is 2. The minimum Gasteiger partial charge on any atom is -0.481 e. The van der Waals surface area contributed by atoms with Gasteiger partial charge in [0, 0.05) is 5.69 Å². The van der Waals surface area contributed by atoms with Crippen molar-refractivity contribution in [3.63, 3.8) is 0 Å². The normalized spacial score (nSPS) is 11.5. The monoisotopic (exact) mass is 374 g/mol. The average Bonchev–Trinajstić information content (AvgIpc) is 2.70. The van der Waals surface area contributed by atoms with E-state index in [2.05, 4.69) is 5.32 Å². The van der Waals surface area contributed by atoms with E-state index in [-0.39, 0.29) is 12.3 Å². The Labute approximate surface area is 164 Å². The summed E-state index contributed by atoms with van der Waals surface area (Å²) < 4.78 is 5.74. The van der Waals surface area contributed by atoms with Crippen LogP contribution >= 0.6 is 0 Å². The lowest BCUT2D eigenvalue weighted by molar-refractivity contribution is -0.122. The lowest BCUT2D eigenvalue weighted by atomic mass is 10.1. The van der Waals surface area contributed by atoms with Crippen molar-refractivity contribution in [3.05, 3.63) is 84.4 Å². The average molecular weight is 374 g/mol. The van der Waals surface area contributed by atoms with Gasteiger partial charge < -0.3 is 15.8 Å². The van der Waals surface area contributed by atoms with Crippen LogP contribution in [0.1, 0.15) is 12.5 Å². The van der Waals surface area contributed by atoms with Gasteiger partial charge in [0.1, 0.15) is 5.75 Å². The highest BCUT2D eigenvalue weighted by Crippen LogP contribution is 2.22. The number of anilines is 1. The molecule has 3 N–H and O–H groups in total. The van der Waals surface area contributed by atoms with Crippen molar-refractivity contribution in [3.8, 4) is 16.9 Å². The zero-order chi connectivity index (χ0) is 19.9. The predicted molar refractivity (Wildman–Crippen MR) is 110 cm³/mol. The van der Waals surface area contributed by atoms with Gasteiger partial charge in [0.05, 0.1) is 6.42 Å². The van der Waals surface area contributed by atoms with Gasteiger partial charge in [-0.2, -0.15) is 0 Å². The van der Waals surface area contributed by atoms with Crippen LogP contribution in [0.2, 0.25) is 0 Å². The Bertz CT molecular complexity index is 936. The van der Waals surface area contributed by atoms with Crippen LogP contribution in [0.5, 0.6) is 5.75 Å². The van der Waals surface area contributed by atoms with Crippen LogP contribution in [0.3, 0.4) is 0 Å². The Kier molecular flexibility index (Phi) is 6.07.